The van der Waals surface area contributed by atoms with Crippen LogP contribution in [-0.2, 0) is 0 Å². The molecule has 4 aromatic rings. The van der Waals surface area contributed by atoms with Gasteiger partial charge in [-0.05, 0) is 70.1 Å². The first-order valence-corrected chi connectivity index (χ1v) is 11.4. The van der Waals surface area contributed by atoms with Gasteiger partial charge in [0.25, 0.3) is 0 Å². The van der Waals surface area contributed by atoms with Crippen LogP contribution >= 0.6 is 0 Å². The molecule has 172 valence electrons. The smallest absolute Gasteiger partial charge is 0.230 e. The molecule has 1 saturated heterocycles. The fourth-order valence-electron chi connectivity index (χ4n) is 4.63. The first-order chi connectivity index (χ1) is 16.0. The number of H-pyrrole nitrogens is 1. The number of nitrogens with one attached hydrogen (secondary N) is 1. The number of aromatic amines is 1. The fourth-order valence-corrected chi connectivity index (χ4v) is 4.63. The Morgan fingerprint density at radius 2 is 1.97 bits per heavy atom. The SMILES string of the molecule is COc1cc2c(Oc3ccc4[nH]c(C)c(C)c4c3)ncnc2cc1OCC1CCCN(C)C1. The molecule has 2 aromatic carbocycles. The number of ether oxygens (including phenoxy) is 3. The molecule has 5 rings (SSSR count). The molecule has 1 aliphatic rings. The summed E-state index contributed by atoms with van der Waals surface area (Å²) in [7, 11) is 3.81. The maximum absolute atomic E-state index is 6.20. The lowest BCUT2D eigenvalue weighted by Crippen LogP contribution is -2.34. The summed E-state index contributed by atoms with van der Waals surface area (Å²) in [5.74, 6) is 3.08. The number of aryl methyl sites for hydroxylation is 2. The zero-order valence-corrected chi connectivity index (χ0v) is 19.6. The van der Waals surface area contributed by atoms with Crippen molar-refractivity contribution in [2.75, 3.05) is 33.9 Å². The highest BCUT2D eigenvalue weighted by molar-refractivity contribution is 5.88. The van der Waals surface area contributed by atoms with E-state index in [9.17, 15) is 0 Å². The van der Waals surface area contributed by atoms with Crippen molar-refractivity contribution in [3.8, 4) is 23.1 Å². The number of hydrogen-bond donors (Lipinski definition) is 1. The third-order valence-corrected chi connectivity index (χ3v) is 6.58. The predicted molar refractivity (Wildman–Crippen MR) is 130 cm³/mol. The predicted octanol–water partition coefficient (Wildman–Crippen LogP) is 5.25. The number of benzene rings is 2. The van der Waals surface area contributed by atoms with E-state index in [0.717, 1.165) is 46.3 Å². The van der Waals surface area contributed by atoms with Gasteiger partial charge < -0.3 is 24.1 Å². The molecule has 0 aliphatic carbocycles. The van der Waals surface area contributed by atoms with Crippen molar-refractivity contribution in [2.24, 2.45) is 5.92 Å². The Kier molecular flexibility index (Phi) is 5.81. The van der Waals surface area contributed by atoms with Crippen molar-refractivity contribution in [1.29, 1.82) is 0 Å². The third kappa shape index (κ3) is 4.33. The van der Waals surface area contributed by atoms with Gasteiger partial charge in [0.1, 0.15) is 12.1 Å². The molecule has 3 heterocycles. The van der Waals surface area contributed by atoms with Crippen molar-refractivity contribution in [3.63, 3.8) is 0 Å². The topological polar surface area (TPSA) is 72.5 Å². The molecule has 7 heteroatoms. The second-order valence-corrected chi connectivity index (χ2v) is 8.96. The summed E-state index contributed by atoms with van der Waals surface area (Å²) >= 11 is 0. The number of piperidine rings is 1. The van der Waals surface area contributed by atoms with Gasteiger partial charge in [-0.15, -0.1) is 0 Å². The van der Waals surface area contributed by atoms with Crippen molar-refractivity contribution in [3.05, 3.63) is 47.9 Å². The number of nitrogens with zero attached hydrogens (tertiary/aromatic N) is 3. The van der Waals surface area contributed by atoms with Crippen LogP contribution in [0.25, 0.3) is 21.8 Å². The number of rotatable bonds is 6. The molecule has 1 aliphatic heterocycles. The van der Waals surface area contributed by atoms with Crippen LogP contribution in [0.5, 0.6) is 23.1 Å². The second kappa shape index (κ2) is 8.90. The van der Waals surface area contributed by atoms with Crippen molar-refractivity contribution in [2.45, 2.75) is 26.7 Å². The van der Waals surface area contributed by atoms with Gasteiger partial charge in [0.05, 0.1) is 24.6 Å². The van der Waals surface area contributed by atoms with Gasteiger partial charge in [-0.1, -0.05) is 0 Å². The Morgan fingerprint density at radius 3 is 2.79 bits per heavy atom. The van der Waals surface area contributed by atoms with E-state index >= 15 is 0 Å². The zero-order chi connectivity index (χ0) is 22.9. The number of hydrogen-bond acceptors (Lipinski definition) is 6. The summed E-state index contributed by atoms with van der Waals surface area (Å²) in [6.07, 6.45) is 3.92. The molecule has 1 fully saturated rings. The molecule has 1 unspecified atom stereocenters. The normalized spacial score (nSPS) is 16.9. The van der Waals surface area contributed by atoms with Crippen LogP contribution in [0, 0.1) is 19.8 Å². The van der Waals surface area contributed by atoms with E-state index in [1.807, 2.05) is 30.3 Å². The summed E-state index contributed by atoms with van der Waals surface area (Å²) in [6.45, 7) is 7.06. The molecule has 0 spiro atoms. The summed E-state index contributed by atoms with van der Waals surface area (Å²) in [4.78, 5) is 14.6. The minimum atomic E-state index is 0.489. The molecular weight excluding hydrogens is 416 g/mol. The van der Waals surface area contributed by atoms with E-state index in [1.54, 1.807) is 7.11 Å². The van der Waals surface area contributed by atoms with E-state index in [0.29, 0.717) is 29.9 Å². The van der Waals surface area contributed by atoms with Gasteiger partial charge in [0.2, 0.25) is 5.88 Å². The third-order valence-electron chi connectivity index (χ3n) is 6.58. The quantitative estimate of drug-likeness (QED) is 0.436. The average molecular weight is 447 g/mol. The van der Waals surface area contributed by atoms with Gasteiger partial charge in [-0.2, -0.15) is 0 Å². The molecule has 0 saturated carbocycles. The Morgan fingerprint density at radius 1 is 1.09 bits per heavy atom. The van der Waals surface area contributed by atoms with Gasteiger partial charge in [-0.3, -0.25) is 0 Å². The molecule has 0 radical (unpaired) electrons. The van der Waals surface area contributed by atoms with E-state index in [4.69, 9.17) is 14.2 Å². The monoisotopic (exact) mass is 446 g/mol. The lowest BCUT2D eigenvalue weighted by Gasteiger charge is -2.29. The fraction of sp³-hybridized carbons (Fsp3) is 0.385. The Bertz CT molecular complexity index is 1300. The lowest BCUT2D eigenvalue weighted by molar-refractivity contribution is 0.148. The van der Waals surface area contributed by atoms with Crippen LogP contribution in [-0.4, -0.2) is 53.7 Å². The van der Waals surface area contributed by atoms with E-state index in [-0.39, 0.29) is 0 Å². The number of fused-ring (bicyclic) bond motifs is 2. The minimum absolute atomic E-state index is 0.489. The van der Waals surface area contributed by atoms with Crippen molar-refractivity contribution >= 4 is 21.8 Å². The second-order valence-electron chi connectivity index (χ2n) is 8.96. The molecule has 33 heavy (non-hydrogen) atoms. The van der Waals surface area contributed by atoms with Crippen LogP contribution in [0.1, 0.15) is 24.1 Å². The minimum Gasteiger partial charge on any atom is -0.493 e. The van der Waals surface area contributed by atoms with Crippen molar-refractivity contribution in [1.82, 2.24) is 19.9 Å². The van der Waals surface area contributed by atoms with E-state index < -0.39 is 0 Å². The maximum atomic E-state index is 6.20. The highest BCUT2D eigenvalue weighted by Crippen LogP contribution is 2.37. The molecule has 1 N–H and O–H groups in total. The zero-order valence-electron chi connectivity index (χ0n) is 19.6. The Labute approximate surface area is 193 Å². The molecule has 0 amide bonds. The maximum Gasteiger partial charge on any atom is 0.230 e. The number of aromatic nitrogens is 3. The number of methoxy groups -OCH3 is 1. The Balaban J connectivity index is 1.42. The van der Waals surface area contributed by atoms with E-state index in [2.05, 4.69) is 40.7 Å². The standard InChI is InChI=1S/C26H30N4O3/c1-16-17(2)29-22-8-7-19(10-20(16)22)33-26-21-11-24(31-4)25(12-23(21)27-15-28-26)32-14-18-6-5-9-30(3)13-18/h7-8,10-12,15,18,29H,5-6,9,13-14H2,1-4H3. The highest BCUT2D eigenvalue weighted by Gasteiger charge is 2.19. The molecule has 1 atom stereocenters. The van der Waals surface area contributed by atoms with Gasteiger partial charge in [0, 0.05) is 35.1 Å². The van der Waals surface area contributed by atoms with Crippen LogP contribution < -0.4 is 14.2 Å². The molecule has 2 aromatic heterocycles. The van der Waals surface area contributed by atoms with Gasteiger partial charge >= 0.3 is 0 Å². The van der Waals surface area contributed by atoms with Crippen LogP contribution in [0.2, 0.25) is 0 Å². The van der Waals surface area contributed by atoms with Gasteiger partial charge in [0.15, 0.2) is 11.5 Å². The first kappa shape index (κ1) is 21.5. The molecule has 0 bridgehead atoms. The summed E-state index contributed by atoms with van der Waals surface area (Å²) in [5.41, 5.74) is 4.23. The summed E-state index contributed by atoms with van der Waals surface area (Å²) in [5, 5.41) is 1.92. The first-order valence-electron chi connectivity index (χ1n) is 11.4. The van der Waals surface area contributed by atoms with Crippen molar-refractivity contribution < 1.29 is 14.2 Å². The van der Waals surface area contributed by atoms with Gasteiger partial charge in [-0.25, -0.2) is 9.97 Å². The summed E-state index contributed by atoms with van der Waals surface area (Å²) < 4.78 is 18.0. The summed E-state index contributed by atoms with van der Waals surface area (Å²) in [6, 6.07) is 9.83. The van der Waals surface area contributed by atoms with Crippen LogP contribution in [0.3, 0.4) is 0 Å². The van der Waals surface area contributed by atoms with Crippen LogP contribution in [0.4, 0.5) is 0 Å². The van der Waals surface area contributed by atoms with Crippen LogP contribution in [0.15, 0.2) is 36.7 Å². The molecule has 7 nitrogen and oxygen atoms in total. The lowest BCUT2D eigenvalue weighted by atomic mass is 9.99. The highest BCUT2D eigenvalue weighted by atomic mass is 16.5. The molecular formula is C26H30N4O3. The Hall–Kier alpha value is -3.32. The average Bonchev–Trinajstić information content (AvgIpc) is 3.10. The number of likely N-dealkylation sites (tertiary alicyclic amines) is 1. The largest absolute Gasteiger partial charge is 0.493 e. The van der Waals surface area contributed by atoms with E-state index in [1.165, 1.54) is 24.7 Å².